The fraction of sp³-hybridized carbons (Fsp3) is 0.944. The Balaban J connectivity index is 2.04. The zero-order valence-electron chi connectivity index (χ0n) is 14.3. The number of rotatable bonds is 5. The van der Waals surface area contributed by atoms with E-state index in [0.29, 0.717) is 11.5 Å². The minimum Gasteiger partial charge on any atom is -0.468 e. The van der Waals surface area contributed by atoms with Crippen molar-refractivity contribution < 1.29 is 9.53 Å². The highest BCUT2D eigenvalue weighted by Crippen LogP contribution is 2.44. The predicted molar refractivity (Wildman–Crippen MR) is 86.2 cm³/mol. The molecule has 0 bridgehead atoms. The Kier molecular flexibility index (Phi) is 5.34. The topological polar surface area (TPSA) is 38.3 Å². The van der Waals surface area contributed by atoms with Crippen LogP contribution in [0.3, 0.4) is 0 Å². The van der Waals surface area contributed by atoms with Gasteiger partial charge in [0.1, 0.15) is 5.54 Å². The molecule has 0 aromatic carbocycles. The fourth-order valence-corrected chi connectivity index (χ4v) is 4.24. The Morgan fingerprint density at radius 1 is 1.19 bits per heavy atom. The van der Waals surface area contributed by atoms with Crippen LogP contribution in [-0.4, -0.2) is 24.7 Å². The molecule has 2 fully saturated rings. The molecule has 1 N–H and O–H groups in total. The molecule has 0 radical (unpaired) electrons. The van der Waals surface area contributed by atoms with E-state index in [2.05, 4.69) is 26.1 Å². The van der Waals surface area contributed by atoms with E-state index in [9.17, 15) is 4.79 Å². The molecule has 3 nitrogen and oxygen atoms in total. The summed E-state index contributed by atoms with van der Waals surface area (Å²) in [5.74, 6) is 0.688. The summed E-state index contributed by atoms with van der Waals surface area (Å²) in [6.45, 7) is 7.01. The van der Waals surface area contributed by atoms with Crippen molar-refractivity contribution >= 4 is 5.97 Å². The summed E-state index contributed by atoms with van der Waals surface area (Å²) in [7, 11) is 1.53. The minimum absolute atomic E-state index is 0.0397. The molecule has 0 saturated heterocycles. The fourth-order valence-electron chi connectivity index (χ4n) is 4.24. The van der Waals surface area contributed by atoms with Crippen LogP contribution >= 0.6 is 0 Å². The second-order valence-corrected chi connectivity index (χ2v) is 7.82. The number of nitrogens with one attached hydrogen (secondary N) is 1. The van der Waals surface area contributed by atoms with Gasteiger partial charge in [-0.25, -0.2) is 0 Å². The highest BCUT2D eigenvalue weighted by molar-refractivity contribution is 5.81. The van der Waals surface area contributed by atoms with Gasteiger partial charge in [-0.15, -0.1) is 0 Å². The van der Waals surface area contributed by atoms with Crippen LogP contribution < -0.4 is 5.32 Å². The lowest BCUT2D eigenvalue weighted by Crippen LogP contribution is -2.58. The molecule has 0 unspecified atom stereocenters. The van der Waals surface area contributed by atoms with E-state index in [4.69, 9.17) is 4.74 Å². The number of methoxy groups -OCH3 is 1. The SMILES string of the molecule is CCC(C)(C)C1CCC(NC2CCCC2)(C(=O)OC)CC1. The van der Waals surface area contributed by atoms with Crippen LogP contribution in [-0.2, 0) is 9.53 Å². The third-order valence-electron chi connectivity index (χ3n) is 6.27. The molecule has 2 aliphatic rings. The first-order chi connectivity index (χ1) is 9.93. The molecule has 122 valence electrons. The van der Waals surface area contributed by atoms with Crippen LogP contribution in [0.4, 0.5) is 0 Å². The summed E-state index contributed by atoms with van der Waals surface area (Å²) in [4.78, 5) is 12.4. The maximum Gasteiger partial charge on any atom is 0.326 e. The van der Waals surface area contributed by atoms with Crippen molar-refractivity contribution in [3.63, 3.8) is 0 Å². The van der Waals surface area contributed by atoms with E-state index in [1.807, 2.05) is 0 Å². The van der Waals surface area contributed by atoms with Gasteiger partial charge in [0, 0.05) is 6.04 Å². The Morgan fingerprint density at radius 2 is 1.76 bits per heavy atom. The number of hydrogen-bond acceptors (Lipinski definition) is 3. The lowest BCUT2D eigenvalue weighted by molar-refractivity contribution is -0.151. The van der Waals surface area contributed by atoms with E-state index in [-0.39, 0.29) is 5.97 Å². The molecule has 0 aromatic rings. The van der Waals surface area contributed by atoms with Crippen LogP contribution in [0.1, 0.15) is 78.6 Å². The van der Waals surface area contributed by atoms with Crippen molar-refractivity contribution in [3.05, 3.63) is 0 Å². The van der Waals surface area contributed by atoms with E-state index >= 15 is 0 Å². The zero-order valence-corrected chi connectivity index (χ0v) is 14.3. The third kappa shape index (κ3) is 3.61. The van der Waals surface area contributed by atoms with Crippen LogP contribution in [0.5, 0.6) is 0 Å². The Bertz CT molecular complexity index is 350. The zero-order chi connectivity index (χ0) is 15.5. The average Bonchev–Trinajstić information content (AvgIpc) is 2.99. The Hall–Kier alpha value is -0.570. The lowest BCUT2D eigenvalue weighted by Gasteiger charge is -2.44. The van der Waals surface area contributed by atoms with Gasteiger partial charge in [0.2, 0.25) is 0 Å². The van der Waals surface area contributed by atoms with Crippen molar-refractivity contribution in [1.29, 1.82) is 0 Å². The summed E-state index contributed by atoms with van der Waals surface area (Å²) in [5, 5.41) is 3.70. The van der Waals surface area contributed by atoms with Gasteiger partial charge in [-0.05, 0) is 49.9 Å². The third-order valence-corrected chi connectivity index (χ3v) is 6.27. The molecular formula is C18H33NO2. The maximum absolute atomic E-state index is 12.4. The van der Waals surface area contributed by atoms with Gasteiger partial charge in [-0.1, -0.05) is 40.0 Å². The highest BCUT2D eigenvalue weighted by Gasteiger charge is 2.46. The number of carbonyl (C=O) groups is 1. The molecule has 2 saturated carbocycles. The minimum atomic E-state index is -0.413. The second kappa shape index (κ2) is 6.68. The van der Waals surface area contributed by atoms with E-state index < -0.39 is 5.54 Å². The molecule has 0 aromatic heterocycles. The van der Waals surface area contributed by atoms with E-state index in [1.54, 1.807) is 0 Å². The molecule has 0 amide bonds. The standard InChI is InChI=1S/C18H33NO2/c1-5-17(2,3)14-10-12-18(13-11-14,16(20)21-4)19-15-8-6-7-9-15/h14-15,19H,5-13H2,1-4H3. The van der Waals surface area contributed by atoms with Crippen LogP contribution in [0, 0.1) is 11.3 Å². The predicted octanol–water partition coefficient (Wildman–Crippen LogP) is 4.06. The van der Waals surface area contributed by atoms with Gasteiger partial charge in [-0.3, -0.25) is 10.1 Å². The van der Waals surface area contributed by atoms with Crippen LogP contribution in [0.25, 0.3) is 0 Å². The molecule has 0 heterocycles. The molecule has 3 heteroatoms. The number of ether oxygens (including phenoxy) is 1. The monoisotopic (exact) mass is 295 g/mol. The Labute approximate surface area is 130 Å². The first-order valence-electron chi connectivity index (χ1n) is 8.79. The number of carbonyl (C=O) groups excluding carboxylic acids is 1. The largest absolute Gasteiger partial charge is 0.468 e. The lowest BCUT2D eigenvalue weighted by atomic mass is 9.65. The molecular weight excluding hydrogens is 262 g/mol. The van der Waals surface area contributed by atoms with Gasteiger partial charge in [0.15, 0.2) is 0 Å². The normalized spacial score (nSPS) is 31.3. The smallest absolute Gasteiger partial charge is 0.326 e. The Morgan fingerprint density at radius 3 is 2.24 bits per heavy atom. The maximum atomic E-state index is 12.4. The first-order valence-corrected chi connectivity index (χ1v) is 8.79. The van der Waals surface area contributed by atoms with Gasteiger partial charge in [0.05, 0.1) is 7.11 Å². The van der Waals surface area contributed by atoms with Gasteiger partial charge < -0.3 is 4.74 Å². The van der Waals surface area contributed by atoms with Gasteiger partial charge in [-0.2, -0.15) is 0 Å². The summed E-state index contributed by atoms with van der Waals surface area (Å²) < 4.78 is 5.15. The quantitative estimate of drug-likeness (QED) is 0.777. The summed E-state index contributed by atoms with van der Waals surface area (Å²) in [6, 6.07) is 0.514. The van der Waals surface area contributed by atoms with E-state index in [0.717, 1.165) is 31.6 Å². The molecule has 2 rings (SSSR count). The van der Waals surface area contributed by atoms with Crippen molar-refractivity contribution in [1.82, 2.24) is 5.32 Å². The van der Waals surface area contributed by atoms with Crippen LogP contribution in [0.2, 0.25) is 0 Å². The number of esters is 1. The summed E-state index contributed by atoms with van der Waals surface area (Å²) >= 11 is 0. The van der Waals surface area contributed by atoms with Crippen molar-refractivity contribution in [2.75, 3.05) is 7.11 Å². The second-order valence-electron chi connectivity index (χ2n) is 7.82. The molecule has 0 spiro atoms. The van der Waals surface area contributed by atoms with Gasteiger partial charge >= 0.3 is 5.97 Å². The van der Waals surface area contributed by atoms with Crippen molar-refractivity contribution in [2.24, 2.45) is 11.3 Å². The molecule has 0 aliphatic heterocycles. The van der Waals surface area contributed by atoms with E-state index in [1.165, 1.54) is 39.2 Å². The molecule has 21 heavy (non-hydrogen) atoms. The van der Waals surface area contributed by atoms with Crippen LogP contribution in [0.15, 0.2) is 0 Å². The van der Waals surface area contributed by atoms with Crippen molar-refractivity contribution in [2.45, 2.75) is 90.1 Å². The summed E-state index contributed by atoms with van der Waals surface area (Å²) in [6.07, 6.45) is 10.4. The summed E-state index contributed by atoms with van der Waals surface area (Å²) in [5.41, 5.74) is -0.0281. The highest BCUT2D eigenvalue weighted by atomic mass is 16.5. The molecule has 2 aliphatic carbocycles. The van der Waals surface area contributed by atoms with Gasteiger partial charge in [0.25, 0.3) is 0 Å². The molecule has 0 atom stereocenters. The first kappa shape index (κ1) is 16.8. The number of hydrogen-bond donors (Lipinski definition) is 1. The van der Waals surface area contributed by atoms with Crippen molar-refractivity contribution in [3.8, 4) is 0 Å². The average molecular weight is 295 g/mol.